The van der Waals surface area contributed by atoms with Gasteiger partial charge in [-0.25, -0.2) is 0 Å². The molecule has 0 fully saturated rings. The molecular weight excluding hydrogens is 671 g/mol. The Morgan fingerprint density at radius 1 is 0.296 bits per heavy atom. The highest BCUT2D eigenvalue weighted by Gasteiger charge is 2.16. The van der Waals surface area contributed by atoms with Crippen LogP contribution in [0, 0.1) is 0 Å². The van der Waals surface area contributed by atoms with Crippen LogP contribution in [0.25, 0.3) is 75.5 Å². The molecule has 0 saturated carbocycles. The van der Waals surface area contributed by atoms with E-state index in [9.17, 15) is 0 Å². The third-order valence-corrected chi connectivity index (χ3v) is 11.7. The summed E-state index contributed by atoms with van der Waals surface area (Å²) < 4.78 is 2.65. The SMILES string of the molecule is c1ccc(-c2cccc(-c3cccc(N(c4ccc(-c5cccc6ccccc56)cc4)c4ccc(-c5cccc6c5sc5ccccc56)cc4)c3)c2)cc1. The second-order valence-electron chi connectivity index (χ2n) is 13.7. The molecule has 0 spiro atoms. The van der Waals surface area contributed by atoms with Crippen LogP contribution >= 0.6 is 11.3 Å². The summed E-state index contributed by atoms with van der Waals surface area (Å²) in [6.45, 7) is 0. The van der Waals surface area contributed by atoms with Gasteiger partial charge in [-0.3, -0.25) is 0 Å². The zero-order valence-electron chi connectivity index (χ0n) is 29.6. The molecular formula is C52H35NS. The number of hydrogen-bond acceptors (Lipinski definition) is 2. The van der Waals surface area contributed by atoms with Gasteiger partial charge in [0.15, 0.2) is 0 Å². The topological polar surface area (TPSA) is 3.24 Å². The maximum Gasteiger partial charge on any atom is 0.0467 e. The molecule has 0 bridgehead atoms. The maximum absolute atomic E-state index is 2.38. The highest BCUT2D eigenvalue weighted by Crippen LogP contribution is 2.42. The molecule has 1 heterocycles. The van der Waals surface area contributed by atoms with Crippen LogP contribution in [-0.4, -0.2) is 0 Å². The van der Waals surface area contributed by atoms with Gasteiger partial charge in [-0.2, -0.15) is 0 Å². The molecule has 2 heteroatoms. The van der Waals surface area contributed by atoms with Crippen molar-refractivity contribution < 1.29 is 0 Å². The molecule has 0 aliphatic carbocycles. The lowest BCUT2D eigenvalue weighted by Gasteiger charge is -2.26. The normalized spacial score (nSPS) is 11.3. The van der Waals surface area contributed by atoms with Gasteiger partial charge in [0.2, 0.25) is 0 Å². The first-order chi connectivity index (χ1) is 26.8. The quantitative estimate of drug-likeness (QED) is 0.160. The van der Waals surface area contributed by atoms with Gasteiger partial charge in [-0.15, -0.1) is 11.3 Å². The van der Waals surface area contributed by atoms with E-state index in [1.807, 2.05) is 11.3 Å². The monoisotopic (exact) mass is 705 g/mol. The lowest BCUT2D eigenvalue weighted by atomic mass is 9.97. The van der Waals surface area contributed by atoms with E-state index in [1.54, 1.807) is 0 Å². The Morgan fingerprint density at radius 2 is 0.815 bits per heavy atom. The Hall–Kier alpha value is -6.74. The summed E-state index contributed by atoms with van der Waals surface area (Å²) in [5.74, 6) is 0. The zero-order valence-corrected chi connectivity index (χ0v) is 30.4. The number of benzene rings is 9. The summed E-state index contributed by atoms with van der Waals surface area (Å²) in [7, 11) is 0. The van der Waals surface area contributed by atoms with E-state index >= 15 is 0 Å². The van der Waals surface area contributed by atoms with E-state index < -0.39 is 0 Å². The summed E-state index contributed by atoms with van der Waals surface area (Å²) in [6, 6.07) is 77.1. The molecule has 0 N–H and O–H groups in total. The standard InChI is InChI=1S/C52H35NS/c1-2-12-36(13-3-1)40-16-8-17-41(34-40)42-18-9-19-45(35-42)53(43-30-26-38(27-31-43)47-22-10-15-37-14-4-5-20-46(37)47)44-32-28-39(29-33-44)48-23-11-24-50-49-21-6-7-25-51(49)54-52(48)50/h1-35H. The highest BCUT2D eigenvalue weighted by molar-refractivity contribution is 7.26. The minimum atomic E-state index is 1.11. The van der Waals surface area contributed by atoms with Gasteiger partial charge >= 0.3 is 0 Å². The molecule has 254 valence electrons. The molecule has 10 aromatic rings. The van der Waals surface area contributed by atoms with Crippen molar-refractivity contribution in [3.8, 4) is 44.5 Å². The number of rotatable bonds is 7. The van der Waals surface area contributed by atoms with Crippen LogP contribution in [0.4, 0.5) is 17.1 Å². The fourth-order valence-electron chi connectivity index (χ4n) is 7.81. The van der Waals surface area contributed by atoms with Crippen molar-refractivity contribution >= 4 is 59.3 Å². The van der Waals surface area contributed by atoms with E-state index in [0.29, 0.717) is 0 Å². The molecule has 0 amide bonds. The largest absolute Gasteiger partial charge is 0.310 e. The maximum atomic E-state index is 2.38. The van der Waals surface area contributed by atoms with Crippen LogP contribution in [0.5, 0.6) is 0 Å². The third-order valence-electron chi connectivity index (χ3n) is 10.5. The van der Waals surface area contributed by atoms with E-state index in [4.69, 9.17) is 0 Å². The van der Waals surface area contributed by atoms with Gasteiger partial charge in [-0.05, 0) is 104 Å². The molecule has 1 aromatic heterocycles. The van der Waals surface area contributed by atoms with Gasteiger partial charge in [0.05, 0.1) is 0 Å². The summed E-state index contributed by atoms with van der Waals surface area (Å²) in [6.07, 6.45) is 0. The van der Waals surface area contributed by atoms with Crippen molar-refractivity contribution in [3.63, 3.8) is 0 Å². The van der Waals surface area contributed by atoms with Crippen molar-refractivity contribution in [1.29, 1.82) is 0 Å². The van der Waals surface area contributed by atoms with E-state index in [-0.39, 0.29) is 0 Å². The Bertz CT molecular complexity index is 2920. The summed E-state index contributed by atoms with van der Waals surface area (Å²) in [5.41, 5.74) is 13.0. The number of nitrogens with zero attached hydrogens (tertiary/aromatic N) is 1. The minimum Gasteiger partial charge on any atom is -0.310 e. The second-order valence-corrected chi connectivity index (χ2v) is 14.8. The van der Waals surface area contributed by atoms with Crippen LogP contribution in [0.2, 0.25) is 0 Å². The summed E-state index contributed by atoms with van der Waals surface area (Å²) in [5, 5.41) is 5.15. The molecule has 0 aliphatic rings. The van der Waals surface area contributed by atoms with E-state index in [1.165, 1.54) is 75.5 Å². The molecule has 0 atom stereocenters. The van der Waals surface area contributed by atoms with Crippen LogP contribution in [0.1, 0.15) is 0 Å². The number of hydrogen-bond donors (Lipinski definition) is 0. The Balaban J connectivity index is 1.07. The highest BCUT2D eigenvalue weighted by atomic mass is 32.1. The molecule has 0 aliphatic heterocycles. The van der Waals surface area contributed by atoms with Gasteiger partial charge in [0.25, 0.3) is 0 Å². The van der Waals surface area contributed by atoms with Gasteiger partial charge in [0.1, 0.15) is 0 Å². The Labute approximate surface area is 319 Å². The average molecular weight is 706 g/mol. The van der Waals surface area contributed by atoms with Crippen molar-refractivity contribution in [2.75, 3.05) is 4.90 Å². The predicted molar refractivity (Wildman–Crippen MR) is 233 cm³/mol. The number of thiophene rings is 1. The molecule has 0 unspecified atom stereocenters. The Kier molecular flexibility index (Phi) is 8.09. The van der Waals surface area contributed by atoms with Crippen molar-refractivity contribution in [2.45, 2.75) is 0 Å². The predicted octanol–water partition coefficient (Wildman–Crippen LogP) is 15.3. The molecule has 54 heavy (non-hydrogen) atoms. The number of fused-ring (bicyclic) bond motifs is 4. The van der Waals surface area contributed by atoms with Crippen molar-refractivity contribution in [1.82, 2.24) is 0 Å². The third kappa shape index (κ3) is 5.84. The average Bonchev–Trinajstić information content (AvgIpc) is 3.64. The van der Waals surface area contributed by atoms with Crippen LogP contribution < -0.4 is 4.90 Å². The zero-order chi connectivity index (χ0) is 35.8. The first-order valence-corrected chi connectivity index (χ1v) is 19.2. The molecule has 0 saturated heterocycles. The van der Waals surface area contributed by atoms with Crippen LogP contribution in [-0.2, 0) is 0 Å². The van der Waals surface area contributed by atoms with Crippen molar-refractivity contribution in [3.05, 3.63) is 212 Å². The fraction of sp³-hybridized carbons (Fsp3) is 0. The second kappa shape index (κ2) is 13.7. The number of anilines is 3. The van der Waals surface area contributed by atoms with Gasteiger partial charge < -0.3 is 4.90 Å². The van der Waals surface area contributed by atoms with E-state index in [2.05, 4.69) is 217 Å². The van der Waals surface area contributed by atoms with Gasteiger partial charge in [0, 0.05) is 37.2 Å². The lowest BCUT2D eigenvalue weighted by Crippen LogP contribution is -2.10. The van der Waals surface area contributed by atoms with E-state index in [0.717, 1.165) is 17.1 Å². The molecule has 0 radical (unpaired) electrons. The lowest BCUT2D eigenvalue weighted by molar-refractivity contribution is 1.28. The van der Waals surface area contributed by atoms with Crippen molar-refractivity contribution in [2.24, 2.45) is 0 Å². The molecule has 10 rings (SSSR count). The van der Waals surface area contributed by atoms with Gasteiger partial charge in [-0.1, -0.05) is 164 Å². The smallest absolute Gasteiger partial charge is 0.0467 e. The Morgan fingerprint density at radius 3 is 1.59 bits per heavy atom. The summed E-state index contributed by atoms with van der Waals surface area (Å²) in [4.78, 5) is 2.38. The van der Waals surface area contributed by atoms with Crippen LogP contribution in [0.15, 0.2) is 212 Å². The first kappa shape index (κ1) is 32.0. The van der Waals surface area contributed by atoms with Crippen LogP contribution in [0.3, 0.4) is 0 Å². The first-order valence-electron chi connectivity index (χ1n) is 18.4. The summed E-state index contributed by atoms with van der Waals surface area (Å²) >= 11 is 1.88. The minimum absolute atomic E-state index is 1.11. The fourth-order valence-corrected chi connectivity index (χ4v) is 9.05. The molecule has 9 aromatic carbocycles. The molecule has 1 nitrogen and oxygen atoms in total.